The van der Waals surface area contributed by atoms with Gasteiger partial charge in [0.15, 0.2) is 9.84 Å². The quantitative estimate of drug-likeness (QED) is 0.426. The summed E-state index contributed by atoms with van der Waals surface area (Å²) in [7, 11) is -3.73. The summed E-state index contributed by atoms with van der Waals surface area (Å²) < 4.78 is 65.7. The zero-order valence-corrected chi connectivity index (χ0v) is 17.5. The van der Waals surface area contributed by atoms with E-state index in [1.54, 1.807) is 24.3 Å². The molecule has 160 valence electrons. The van der Waals surface area contributed by atoms with E-state index in [1.165, 1.54) is 29.8 Å². The van der Waals surface area contributed by atoms with Crippen molar-refractivity contribution in [2.75, 3.05) is 5.75 Å². The van der Waals surface area contributed by atoms with Gasteiger partial charge in [0.2, 0.25) is 0 Å². The fourth-order valence-corrected chi connectivity index (χ4v) is 4.28. The van der Waals surface area contributed by atoms with Crippen molar-refractivity contribution in [3.63, 3.8) is 0 Å². The predicted octanol–water partition coefficient (Wildman–Crippen LogP) is 4.92. The number of hydrogen-bond acceptors (Lipinski definition) is 5. The van der Waals surface area contributed by atoms with Crippen molar-refractivity contribution >= 4 is 27.1 Å². The van der Waals surface area contributed by atoms with Crippen LogP contribution in [0.3, 0.4) is 0 Å². The van der Waals surface area contributed by atoms with E-state index in [-0.39, 0.29) is 27.7 Å². The highest BCUT2D eigenvalue weighted by Gasteiger charge is 2.33. The van der Waals surface area contributed by atoms with Gasteiger partial charge >= 0.3 is 6.18 Å². The summed E-state index contributed by atoms with van der Waals surface area (Å²) in [6, 6.07) is 9.12. The third kappa shape index (κ3) is 4.13. The molecule has 0 unspecified atom stereocenters. The molecule has 4 rings (SSSR count). The van der Waals surface area contributed by atoms with Gasteiger partial charge in [-0.1, -0.05) is 30.7 Å². The Morgan fingerprint density at radius 1 is 1.10 bits per heavy atom. The van der Waals surface area contributed by atoms with Crippen LogP contribution in [0.15, 0.2) is 60.0 Å². The fourth-order valence-electron chi connectivity index (χ4n) is 3.02. The minimum atomic E-state index is -4.62. The largest absolute Gasteiger partial charge is 0.433 e. The number of fused-ring (bicyclic) bond motifs is 1. The highest BCUT2D eigenvalue weighted by Crippen LogP contribution is 2.32. The van der Waals surface area contributed by atoms with E-state index < -0.39 is 21.7 Å². The van der Waals surface area contributed by atoms with E-state index in [2.05, 4.69) is 15.0 Å². The second-order valence-electron chi connectivity index (χ2n) is 6.65. The highest BCUT2D eigenvalue weighted by molar-refractivity contribution is 7.91. The van der Waals surface area contributed by atoms with E-state index in [4.69, 9.17) is 11.6 Å². The smallest absolute Gasteiger partial charge is 0.290 e. The molecule has 3 aromatic heterocycles. The van der Waals surface area contributed by atoms with Crippen LogP contribution in [0, 0.1) is 0 Å². The Hall–Kier alpha value is -2.98. The molecule has 0 fully saturated rings. The number of pyridine rings is 1. The Kier molecular flexibility index (Phi) is 5.22. The first-order chi connectivity index (χ1) is 14.6. The topological polar surface area (TPSA) is 77.2 Å². The van der Waals surface area contributed by atoms with Crippen LogP contribution in [0.2, 0.25) is 5.02 Å². The van der Waals surface area contributed by atoms with Crippen molar-refractivity contribution in [1.82, 2.24) is 19.4 Å². The third-order valence-corrected chi connectivity index (χ3v) is 6.58. The van der Waals surface area contributed by atoms with Gasteiger partial charge < -0.3 is 0 Å². The van der Waals surface area contributed by atoms with Crippen LogP contribution in [0.4, 0.5) is 13.2 Å². The maximum absolute atomic E-state index is 12.9. The second-order valence-corrected chi connectivity index (χ2v) is 9.33. The first-order valence-corrected chi connectivity index (χ1v) is 11.0. The Morgan fingerprint density at radius 2 is 1.87 bits per heavy atom. The van der Waals surface area contributed by atoms with Crippen LogP contribution >= 0.6 is 11.6 Å². The van der Waals surface area contributed by atoms with Gasteiger partial charge in [-0.15, -0.1) is 0 Å². The molecule has 0 aliphatic carbocycles. The molecular weight excluding hydrogens is 453 g/mol. The molecule has 3 heterocycles. The summed E-state index contributed by atoms with van der Waals surface area (Å²) in [5.74, 6) is -0.187. The molecule has 0 atom stereocenters. The number of alkyl halides is 3. The van der Waals surface area contributed by atoms with Crippen molar-refractivity contribution in [2.45, 2.75) is 18.0 Å². The fraction of sp³-hybridized carbons (Fsp3) is 0.150. The molecule has 0 aliphatic rings. The Balaban J connectivity index is 1.90. The molecule has 0 saturated carbocycles. The SMILES string of the molecule is CCS(=O)(=O)c1cc(-c2cccc(Cl)c2)cnc1-c1cn2cnc(C(F)(F)F)cc2n1. The van der Waals surface area contributed by atoms with Gasteiger partial charge in [-0.05, 0) is 23.8 Å². The van der Waals surface area contributed by atoms with Gasteiger partial charge in [0.1, 0.15) is 29.1 Å². The maximum Gasteiger partial charge on any atom is 0.433 e. The van der Waals surface area contributed by atoms with Crippen LogP contribution in [0.25, 0.3) is 28.2 Å². The zero-order valence-electron chi connectivity index (χ0n) is 15.9. The van der Waals surface area contributed by atoms with Crippen molar-refractivity contribution in [2.24, 2.45) is 0 Å². The summed E-state index contributed by atoms with van der Waals surface area (Å²) in [5, 5.41) is 0.481. The van der Waals surface area contributed by atoms with Gasteiger partial charge in [0, 0.05) is 29.0 Å². The van der Waals surface area contributed by atoms with Crippen LogP contribution in [-0.2, 0) is 16.0 Å². The number of aromatic nitrogens is 4. The predicted molar refractivity (Wildman–Crippen MR) is 109 cm³/mol. The van der Waals surface area contributed by atoms with Crippen molar-refractivity contribution in [3.8, 4) is 22.5 Å². The lowest BCUT2D eigenvalue weighted by molar-refractivity contribution is -0.141. The zero-order chi connectivity index (χ0) is 22.4. The van der Waals surface area contributed by atoms with Crippen LogP contribution < -0.4 is 0 Å². The standard InChI is InChI=1S/C20H14ClF3N4O2S/c1-2-31(29,30)16-7-13(12-4-3-5-14(21)6-12)9-25-19(16)15-10-28-11-26-17(20(22,23)24)8-18(28)27-15/h3-11H,2H2,1H3. The van der Waals surface area contributed by atoms with Crippen LogP contribution in [0.5, 0.6) is 0 Å². The number of hydrogen-bond donors (Lipinski definition) is 0. The van der Waals surface area contributed by atoms with E-state index >= 15 is 0 Å². The number of imidazole rings is 1. The maximum atomic E-state index is 12.9. The van der Waals surface area contributed by atoms with Gasteiger partial charge in [0.05, 0.1) is 10.6 Å². The number of nitrogens with zero attached hydrogens (tertiary/aromatic N) is 4. The molecule has 11 heteroatoms. The Labute approximate surface area is 180 Å². The molecule has 0 saturated heterocycles. The van der Waals surface area contributed by atoms with E-state index in [0.717, 1.165) is 12.4 Å². The van der Waals surface area contributed by atoms with E-state index in [1.807, 2.05) is 0 Å². The Morgan fingerprint density at radius 3 is 2.55 bits per heavy atom. The molecular formula is C20H14ClF3N4O2S. The summed E-state index contributed by atoms with van der Waals surface area (Å²) in [6.07, 6.45) is -0.790. The molecule has 0 spiro atoms. The molecule has 0 bridgehead atoms. The average molecular weight is 467 g/mol. The van der Waals surface area contributed by atoms with Gasteiger partial charge in [0.25, 0.3) is 0 Å². The van der Waals surface area contributed by atoms with Crippen LogP contribution in [0.1, 0.15) is 12.6 Å². The summed E-state index contributed by atoms with van der Waals surface area (Å²) in [4.78, 5) is 11.8. The monoisotopic (exact) mass is 466 g/mol. The molecule has 6 nitrogen and oxygen atoms in total. The minimum absolute atomic E-state index is 0.0297. The molecule has 0 amide bonds. The van der Waals surface area contributed by atoms with Crippen molar-refractivity contribution < 1.29 is 21.6 Å². The van der Waals surface area contributed by atoms with Crippen LogP contribution in [-0.4, -0.2) is 33.5 Å². The number of sulfone groups is 1. The van der Waals surface area contributed by atoms with Gasteiger partial charge in [-0.25, -0.2) is 18.4 Å². The molecule has 4 aromatic rings. The first kappa shape index (κ1) is 21.3. The minimum Gasteiger partial charge on any atom is -0.290 e. The summed E-state index contributed by atoms with van der Waals surface area (Å²) in [5.41, 5.74) is 0.243. The highest BCUT2D eigenvalue weighted by atomic mass is 35.5. The summed E-state index contributed by atoms with van der Waals surface area (Å²) >= 11 is 6.03. The summed E-state index contributed by atoms with van der Waals surface area (Å²) in [6.45, 7) is 1.49. The molecule has 0 N–H and O–H groups in total. The lowest BCUT2D eigenvalue weighted by Crippen LogP contribution is -2.08. The van der Waals surface area contributed by atoms with E-state index in [9.17, 15) is 21.6 Å². The molecule has 0 radical (unpaired) electrons. The number of benzene rings is 1. The first-order valence-electron chi connectivity index (χ1n) is 8.99. The molecule has 31 heavy (non-hydrogen) atoms. The second kappa shape index (κ2) is 7.61. The lowest BCUT2D eigenvalue weighted by atomic mass is 10.1. The van der Waals surface area contributed by atoms with Gasteiger partial charge in [-0.3, -0.25) is 9.38 Å². The van der Waals surface area contributed by atoms with E-state index in [0.29, 0.717) is 16.1 Å². The normalized spacial score (nSPS) is 12.4. The Bertz CT molecular complexity index is 1400. The third-order valence-electron chi connectivity index (χ3n) is 4.61. The van der Waals surface area contributed by atoms with Gasteiger partial charge in [-0.2, -0.15) is 13.2 Å². The van der Waals surface area contributed by atoms with Crippen molar-refractivity contribution in [1.29, 1.82) is 0 Å². The molecule has 0 aliphatic heterocycles. The number of rotatable bonds is 4. The lowest BCUT2D eigenvalue weighted by Gasteiger charge is -2.10. The molecule has 1 aromatic carbocycles. The average Bonchev–Trinajstić information content (AvgIpc) is 3.16. The van der Waals surface area contributed by atoms with Crippen molar-refractivity contribution in [3.05, 3.63) is 65.8 Å². The number of halogens is 4.